The van der Waals surface area contributed by atoms with Crippen LogP contribution in [0.2, 0.25) is 0 Å². The first-order valence-corrected chi connectivity index (χ1v) is 7.19. The Hall–Kier alpha value is -2.24. The highest BCUT2D eigenvalue weighted by Gasteiger charge is 2.39. The van der Waals surface area contributed by atoms with Gasteiger partial charge in [0.25, 0.3) is 11.6 Å². The number of benzene rings is 1. The fourth-order valence-corrected chi connectivity index (χ4v) is 3.23. The highest BCUT2D eigenvalue weighted by Crippen LogP contribution is 2.33. The molecular formula is C15H16N2O4. The van der Waals surface area contributed by atoms with Crippen molar-refractivity contribution in [3.63, 3.8) is 0 Å². The quantitative estimate of drug-likeness (QED) is 0.475. The van der Waals surface area contributed by atoms with Crippen molar-refractivity contribution in [3.8, 4) is 0 Å². The van der Waals surface area contributed by atoms with Crippen LogP contribution in [0.4, 0.5) is 5.69 Å². The van der Waals surface area contributed by atoms with E-state index in [1.807, 2.05) is 0 Å². The van der Waals surface area contributed by atoms with Gasteiger partial charge >= 0.3 is 0 Å². The average Bonchev–Trinajstić information content (AvgIpc) is 2.65. The molecule has 1 aromatic rings. The van der Waals surface area contributed by atoms with Crippen molar-refractivity contribution in [1.82, 2.24) is 4.90 Å². The average molecular weight is 288 g/mol. The topological polar surface area (TPSA) is 80.5 Å². The third-order valence-corrected chi connectivity index (χ3v) is 4.32. The first-order chi connectivity index (χ1) is 10.1. The normalized spacial score (nSPS) is 22.1. The number of nitrogens with zero attached hydrogens (tertiary/aromatic N) is 2. The molecule has 1 heterocycles. The van der Waals surface area contributed by atoms with Gasteiger partial charge in [0.05, 0.1) is 28.6 Å². The number of nitro groups is 1. The monoisotopic (exact) mass is 288 g/mol. The number of hydrogen-bond donors (Lipinski definition) is 0. The molecule has 0 bridgehead atoms. The molecule has 1 unspecified atom stereocenters. The number of amides is 1. The summed E-state index contributed by atoms with van der Waals surface area (Å²) in [6, 6.07) is 4.11. The van der Waals surface area contributed by atoms with E-state index in [1.165, 1.54) is 17.0 Å². The minimum absolute atomic E-state index is 0.0376. The van der Waals surface area contributed by atoms with E-state index in [4.69, 9.17) is 0 Å². The molecule has 0 aromatic heterocycles. The Morgan fingerprint density at radius 3 is 2.76 bits per heavy atom. The summed E-state index contributed by atoms with van der Waals surface area (Å²) in [5.41, 5.74) is 0.759. The van der Waals surface area contributed by atoms with Crippen LogP contribution in [0.1, 0.15) is 48.0 Å². The second-order valence-electron chi connectivity index (χ2n) is 5.57. The molecule has 0 N–H and O–H groups in total. The van der Waals surface area contributed by atoms with E-state index in [9.17, 15) is 19.7 Å². The maximum atomic E-state index is 12.5. The van der Waals surface area contributed by atoms with Gasteiger partial charge in [0.2, 0.25) is 0 Å². The molecule has 0 radical (unpaired) electrons. The van der Waals surface area contributed by atoms with Crippen molar-refractivity contribution in [1.29, 1.82) is 0 Å². The summed E-state index contributed by atoms with van der Waals surface area (Å²) < 4.78 is 0. The summed E-state index contributed by atoms with van der Waals surface area (Å²) >= 11 is 0. The van der Waals surface area contributed by atoms with Gasteiger partial charge in [0.15, 0.2) is 5.78 Å². The molecule has 1 amide bonds. The summed E-state index contributed by atoms with van der Waals surface area (Å²) in [5, 5.41) is 11.1. The molecule has 6 heteroatoms. The molecule has 1 aromatic carbocycles. The Kier molecular flexibility index (Phi) is 3.45. The predicted molar refractivity (Wildman–Crippen MR) is 74.8 cm³/mol. The third kappa shape index (κ3) is 2.30. The first-order valence-electron chi connectivity index (χ1n) is 7.19. The van der Waals surface area contributed by atoms with Crippen LogP contribution in [0, 0.1) is 10.1 Å². The fourth-order valence-electron chi connectivity index (χ4n) is 3.23. The van der Waals surface area contributed by atoms with Gasteiger partial charge in [-0.15, -0.1) is 0 Å². The number of fused-ring (bicyclic) bond motifs is 1. The molecule has 1 aliphatic heterocycles. The zero-order valence-corrected chi connectivity index (χ0v) is 11.6. The largest absolute Gasteiger partial charge is 0.324 e. The lowest BCUT2D eigenvalue weighted by Crippen LogP contribution is -2.40. The van der Waals surface area contributed by atoms with Crippen LogP contribution in [0.3, 0.4) is 0 Å². The lowest BCUT2D eigenvalue weighted by atomic mass is 10.1. The number of ketones is 1. The summed E-state index contributed by atoms with van der Waals surface area (Å²) in [6.45, 7) is 0.168. The fraction of sp³-hybridized carbons (Fsp3) is 0.467. The Balaban J connectivity index is 1.94. The van der Waals surface area contributed by atoms with Gasteiger partial charge in [0.1, 0.15) is 0 Å². The third-order valence-electron chi connectivity index (χ3n) is 4.32. The van der Waals surface area contributed by atoms with Crippen molar-refractivity contribution in [2.24, 2.45) is 0 Å². The molecule has 1 atom stereocenters. The van der Waals surface area contributed by atoms with Crippen molar-refractivity contribution >= 4 is 17.4 Å². The SMILES string of the molecule is O=C1CCCCCC1N1Cc2c(cccc2[N+](=O)[O-])C1=O. The second-order valence-corrected chi connectivity index (χ2v) is 5.57. The van der Waals surface area contributed by atoms with Crippen molar-refractivity contribution in [2.45, 2.75) is 44.7 Å². The summed E-state index contributed by atoms with van der Waals surface area (Å²) in [5.74, 6) is -0.176. The van der Waals surface area contributed by atoms with Crippen LogP contribution in [-0.4, -0.2) is 27.6 Å². The van der Waals surface area contributed by atoms with Crippen molar-refractivity contribution < 1.29 is 14.5 Å². The van der Waals surface area contributed by atoms with Crippen LogP contribution >= 0.6 is 0 Å². The smallest absolute Gasteiger partial charge is 0.275 e. The number of rotatable bonds is 2. The zero-order chi connectivity index (χ0) is 15.0. The van der Waals surface area contributed by atoms with Gasteiger partial charge in [-0.3, -0.25) is 19.7 Å². The van der Waals surface area contributed by atoms with Gasteiger partial charge in [0, 0.05) is 12.5 Å². The number of carbonyl (C=O) groups excluding carboxylic acids is 2. The van der Waals surface area contributed by atoms with E-state index < -0.39 is 11.0 Å². The predicted octanol–water partition coefficient (Wildman–Crippen LogP) is 2.45. The number of Topliss-reactive ketones (excluding diaryl/α,β-unsaturated/α-hetero) is 1. The van der Waals surface area contributed by atoms with Gasteiger partial charge < -0.3 is 4.90 Å². The molecule has 1 saturated carbocycles. The van der Waals surface area contributed by atoms with Gasteiger partial charge in [-0.05, 0) is 18.9 Å². The van der Waals surface area contributed by atoms with E-state index in [1.54, 1.807) is 6.07 Å². The molecule has 1 aliphatic carbocycles. The Labute approximate surface area is 121 Å². The molecule has 1 fully saturated rings. The van der Waals surface area contributed by atoms with Crippen LogP contribution < -0.4 is 0 Å². The zero-order valence-electron chi connectivity index (χ0n) is 11.6. The second kappa shape index (κ2) is 5.27. The highest BCUT2D eigenvalue weighted by atomic mass is 16.6. The van der Waals surface area contributed by atoms with E-state index >= 15 is 0 Å². The summed E-state index contributed by atoms with van der Waals surface area (Å²) in [6.07, 6.45) is 3.93. The Morgan fingerprint density at radius 1 is 1.19 bits per heavy atom. The van der Waals surface area contributed by atoms with E-state index in [0.29, 0.717) is 24.0 Å². The van der Waals surface area contributed by atoms with Crippen LogP contribution in [0.25, 0.3) is 0 Å². The Morgan fingerprint density at radius 2 is 2.00 bits per heavy atom. The van der Waals surface area contributed by atoms with Crippen LogP contribution in [-0.2, 0) is 11.3 Å². The molecule has 21 heavy (non-hydrogen) atoms. The van der Waals surface area contributed by atoms with E-state index in [2.05, 4.69) is 0 Å². The summed E-state index contributed by atoms with van der Waals surface area (Å²) in [4.78, 5) is 36.8. The minimum Gasteiger partial charge on any atom is -0.324 e. The highest BCUT2D eigenvalue weighted by molar-refractivity contribution is 6.02. The van der Waals surface area contributed by atoms with Crippen LogP contribution in [0.5, 0.6) is 0 Å². The van der Waals surface area contributed by atoms with Crippen molar-refractivity contribution in [3.05, 3.63) is 39.4 Å². The minimum atomic E-state index is -0.468. The van der Waals surface area contributed by atoms with Gasteiger partial charge in [-0.25, -0.2) is 0 Å². The molecule has 110 valence electrons. The lowest BCUT2D eigenvalue weighted by Gasteiger charge is -2.25. The number of hydrogen-bond acceptors (Lipinski definition) is 4. The molecule has 2 aliphatic rings. The molecule has 0 saturated heterocycles. The molecule has 6 nitrogen and oxygen atoms in total. The van der Waals surface area contributed by atoms with Gasteiger partial charge in [-0.2, -0.15) is 0 Å². The first kappa shape index (κ1) is 13.7. The molecule has 3 rings (SSSR count). The maximum absolute atomic E-state index is 12.5. The maximum Gasteiger partial charge on any atom is 0.275 e. The standard InChI is InChI=1S/C15H16N2O4/c18-14-8-3-1-2-6-13(14)16-9-11-10(15(16)19)5-4-7-12(11)17(20)21/h4-5,7,13H,1-3,6,8-9H2. The van der Waals surface area contributed by atoms with Gasteiger partial charge in [-0.1, -0.05) is 18.9 Å². The number of carbonyl (C=O) groups is 2. The van der Waals surface area contributed by atoms with E-state index in [0.717, 1.165) is 19.3 Å². The Bertz CT molecular complexity index is 626. The summed E-state index contributed by atoms with van der Waals surface area (Å²) in [7, 11) is 0. The lowest BCUT2D eigenvalue weighted by molar-refractivity contribution is -0.385. The van der Waals surface area contributed by atoms with Crippen LogP contribution in [0.15, 0.2) is 18.2 Å². The molecular weight excluding hydrogens is 272 g/mol. The molecule has 0 spiro atoms. The van der Waals surface area contributed by atoms with Crippen molar-refractivity contribution in [2.75, 3.05) is 0 Å². The van der Waals surface area contributed by atoms with E-state index in [-0.39, 0.29) is 23.9 Å². The number of nitro benzene ring substituents is 1.